The second-order valence-corrected chi connectivity index (χ2v) is 18.6. The zero-order valence-electron chi connectivity index (χ0n) is 37.8. The van der Waals surface area contributed by atoms with E-state index in [4.69, 9.17) is 9.72 Å². The minimum atomic E-state index is -0.946. The van der Waals surface area contributed by atoms with Crippen molar-refractivity contribution >= 4 is 46.8 Å². The Kier molecular flexibility index (Phi) is 16.6. The number of likely N-dealkylation sites (N-methyl/N-ethyl adjacent to an activating group) is 1. The molecule has 6 rings (SSSR count). The first-order chi connectivity index (χ1) is 30.7. The van der Waals surface area contributed by atoms with Crippen LogP contribution in [0.1, 0.15) is 127 Å². The Morgan fingerprint density at radius 1 is 0.812 bits per heavy atom. The number of nitrogens with one attached hydrogen (secondary N) is 3. The number of likely N-dealkylation sites (tertiary alicyclic amines) is 1. The zero-order valence-corrected chi connectivity index (χ0v) is 38.6. The molecule has 13 nitrogen and oxygen atoms in total. The highest BCUT2D eigenvalue weighted by Crippen LogP contribution is 2.37. The summed E-state index contributed by atoms with van der Waals surface area (Å²) in [6.45, 7) is 10.5. The molecule has 0 bridgehead atoms. The van der Waals surface area contributed by atoms with Crippen LogP contribution in [0.15, 0.2) is 90.3 Å². The van der Waals surface area contributed by atoms with Gasteiger partial charge in [0.15, 0.2) is 0 Å². The highest BCUT2D eigenvalue weighted by Gasteiger charge is 2.43. The quantitative estimate of drug-likeness (QED) is 0.0618. The van der Waals surface area contributed by atoms with E-state index in [0.29, 0.717) is 24.3 Å². The van der Waals surface area contributed by atoms with Crippen molar-refractivity contribution in [2.45, 2.75) is 116 Å². The van der Waals surface area contributed by atoms with Crippen molar-refractivity contribution < 1.29 is 33.5 Å². The molecule has 1 saturated heterocycles. The van der Waals surface area contributed by atoms with Crippen LogP contribution in [0.3, 0.4) is 0 Å². The Morgan fingerprint density at radius 3 is 2.05 bits per heavy atom. The average Bonchev–Trinajstić information content (AvgIpc) is 3.89. The molecule has 14 heteroatoms. The summed E-state index contributed by atoms with van der Waals surface area (Å²) in [6.07, 6.45) is 4.19. The van der Waals surface area contributed by atoms with Crippen LogP contribution in [0.2, 0.25) is 0 Å². The maximum absolute atomic E-state index is 14.3. The van der Waals surface area contributed by atoms with E-state index in [0.717, 1.165) is 48.3 Å². The smallest absolute Gasteiger partial charge is 0.309 e. The van der Waals surface area contributed by atoms with Crippen molar-refractivity contribution in [2.75, 3.05) is 13.6 Å². The number of aromatic nitrogens is 1. The number of fused-ring (bicyclic) bond motifs is 1. The number of piperidine rings is 1. The summed E-state index contributed by atoms with van der Waals surface area (Å²) < 4.78 is 5.63. The molecular formula is C50H62N6O7S. The third-order valence-corrected chi connectivity index (χ3v) is 13.5. The molecule has 0 spiro atoms. The molecule has 3 aromatic carbocycles. The van der Waals surface area contributed by atoms with E-state index in [1.54, 1.807) is 36.6 Å². The number of ether oxygens (including phenoxy) is 1. The lowest BCUT2D eigenvalue weighted by molar-refractivity contribution is -0.149. The number of carbonyl (C=O) groups is 6. The molecule has 3 N–H and O–H groups in total. The van der Waals surface area contributed by atoms with Gasteiger partial charge in [-0.3, -0.25) is 38.6 Å². The molecule has 2 aliphatic rings. The van der Waals surface area contributed by atoms with Gasteiger partial charge in [-0.2, -0.15) is 0 Å². The molecule has 64 heavy (non-hydrogen) atoms. The molecule has 1 fully saturated rings. The summed E-state index contributed by atoms with van der Waals surface area (Å²) in [5.41, 5.74) is 2.48. The number of benzene rings is 3. The van der Waals surface area contributed by atoms with Crippen molar-refractivity contribution in [3.05, 3.63) is 123 Å². The zero-order chi connectivity index (χ0) is 45.9. The molecule has 1 aromatic heterocycles. The molecule has 7 unspecified atom stereocenters. The summed E-state index contributed by atoms with van der Waals surface area (Å²) in [7, 11) is 1.93. The third kappa shape index (κ3) is 11.9. The molecule has 2 aliphatic heterocycles. The number of imide groups is 1. The molecule has 0 radical (unpaired) electrons. The summed E-state index contributed by atoms with van der Waals surface area (Å²) in [4.78, 5) is 91.3. The lowest BCUT2D eigenvalue weighted by Crippen LogP contribution is -2.57. The Morgan fingerprint density at radius 2 is 1.44 bits per heavy atom. The SMILES string of the molecule is CCC(C)C(NC(=O)C1CCCCN1C)C(=O)NC(CC(c1nc(C(=O)NC(Cc2ccccc2)CC(C)C(=O)OCc2ccccc2)cs1)N1C(=O)c2ccccc2C1=O)C(C)C. The van der Waals surface area contributed by atoms with Gasteiger partial charge in [0, 0.05) is 17.5 Å². The van der Waals surface area contributed by atoms with Crippen LogP contribution in [0.4, 0.5) is 0 Å². The molecular weight excluding hydrogens is 829 g/mol. The summed E-state index contributed by atoms with van der Waals surface area (Å²) in [6, 6.07) is 22.6. The molecule has 0 saturated carbocycles. The topological polar surface area (TPSA) is 167 Å². The van der Waals surface area contributed by atoms with E-state index in [1.165, 1.54) is 4.90 Å². The monoisotopic (exact) mass is 890 g/mol. The van der Waals surface area contributed by atoms with Gasteiger partial charge < -0.3 is 20.7 Å². The summed E-state index contributed by atoms with van der Waals surface area (Å²) >= 11 is 1.16. The number of thiazole rings is 1. The third-order valence-electron chi connectivity index (χ3n) is 12.6. The first-order valence-electron chi connectivity index (χ1n) is 22.5. The van der Waals surface area contributed by atoms with E-state index in [9.17, 15) is 28.8 Å². The number of nitrogens with zero attached hydrogens (tertiary/aromatic N) is 3. The maximum Gasteiger partial charge on any atom is 0.309 e. The number of amides is 5. The summed E-state index contributed by atoms with van der Waals surface area (Å²) in [5, 5.41) is 11.3. The minimum absolute atomic E-state index is 0.0938. The Labute approximate surface area is 380 Å². The van der Waals surface area contributed by atoms with Gasteiger partial charge in [-0.1, -0.05) is 120 Å². The highest BCUT2D eigenvalue weighted by molar-refractivity contribution is 7.10. The van der Waals surface area contributed by atoms with Gasteiger partial charge in [0.1, 0.15) is 23.4 Å². The summed E-state index contributed by atoms with van der Waals surface area (Å²) in [5.74, 6) is -3.22. The molecule has 0 aliphatic carbocycles. The number of carbonyl (C=O) groups excluding carboxylic acids is 6. The van der Waals surface area contributed by atoms with Crippen LogP contribution in [0.5, 0.6) is 0 Å². The minimum Gasteiger partial charge on any atom is -0.461 e. The fourth-order valence-corrected chi connectivity index (χ4v) is 9.37. The van der Waals surface area contributed by atoms with E-state index in [-0.39, 0.29) is 65.5 Å². The Bertz CT molecular complexity index is 2220. The second kappa shape index (κ2) is 22.3. The number of hydrogen-bond acceptors (Lipinski definition) is 10. The number of rotatable bonds is 20. The first kappa shape index (κ1) is 47.7. The van der Waals surface area contributed by atoms with Crippen molar-refractivity contribution in [1.29, 1.82) is 0 Å². The van der Waals surface area contributed by atoms with Gasteiger partial charge in [-0.05, 0) is 80.8 Å². The largest absolute Gasteiger partial charge is 0.461 e. The number of esters is 1. The first-order valence-corrected chi connectivity index (χ1v) is 23.4. The van der Waals surface area contributed by atoms with Gasteiger partial charge in [-0.15, -0.1) is 11.3 Å². The molecule has 4 aromatic rings. The van der Waals surface area contributed by atoms with Gasteiger partial charge in [0.05, 0.1) is 29.1 Å². The lowest BCUT2D eigenvalue weighted by atomic mass is 9.93. The van der Waals surface area contributed by atoms with Gasteiger partial charge in [-0.25, -0.2) is 4.98 Å². The van der Waals surface area contributed by atoms with E-state index in [2.05, 4.69) is 16.0 Å². The predicted octanol–water partition coefficient (Wildman–Crippen LogP) is 7.14. The van der Waals surface area contributed by atoms with Crippen molar-refractivity contribution in [1.82, 2.24) is 30.7 Å². The molecule has 340 valence electrons. The highest BCUT2D eigenvalue weighted by atomic mass is 32.1. The maximum atomic E-state index is 14.3. The van der Waals surface area contributed by atoms with Gasteiger partial charge in [0.25, 0.3) is 17.7 Å². The van der Waals surface area contributed by atoms with Crippen LogP contribution >= 0.6 is 11.3 Å². The molecule has 7 atom stereocenters. The van der Waals surface area contributed by atoms with Crippen molar-refractivity contribution in [3.8, 4) is 0 Å². The van der Waals surface area contributed by atoms with Crippen LogP contribution < -0.4 is 16.0 Å². The van der Waals surface area contributed by atoms with Crippen LogP contribution in [-0.2, 0) is 32.1 Å². The van der Waals surface area contributed by atoms with Crippen LogP contribution in [-0.4, -0.2) is 88.0 Å². The second-order valence-electron chi connectivity index (χ2n) is 17.7. The molecule has 5 amide bonds. The van der Waals surface area contributed by atoms with Gasteiger partial charge in [0.2, 0.25) is 11.8 Å². The normalized spacial score (nSPS) is 18.0. The Hall–Kier alpha value is -5.73. The van der Waals surface area contributed by atoms with Crippen molar-refractivity contribution in [3.63, 3.8) is 0 Å². The standard InChI is InChI=1S/C50H62N6O7S/c1-7-32(4)43(54-45(58)41-24-16-17-25-55(41)6)46(59)52-39(31(2)3)28-42(56-48(60)37-22-14-15-23-38(37)49(56)61)47-53-40(30-64-47)44(57)51-36(27-34-18-10-8-11-19-34)26-33(5)50(62)63-29-35-20-12-9-13-21-35/h8-15,18-23,30-33,36,39,41-43H,7,16-17,24-29H2,1-6H3,(H,51,57)(H,52,59)(H,54,58). The fourth-order valence-electron chi connectivity index (χ4n) is 8.47. The van der Waals surface area contributed by atoms with Gasteiger partial charge >= 0.3 is 5.97 Å². The Balaban J connectivity index is 1.23. The van der Waals surface area contributed by atoms with E-state index in [1.807, 2.05) is 100 Å². The van der Waals surface area contributed by atoms with E-state index < -0.39 is 47.8 Å². The molecule has 3 heterocycles. The van der Waals surface area contributed by atoms with Crippen molar-refractivity contribution in [2.24, 2.45) is 17.8 Å². The van der Waals surface area contributed by atoms with Crippen LogP contribution in [0.25, 0.3) is 0 Å². The van der Waals surface area contributed by atoms with E-state index >= 15 is 0 Å². The number of hydrogen-bond donors (Lipinski definition) is 3. The average molecular weight is 891 g/mol. The lowest BCUT2D eigenvalue weighted by Gasteiger charge is -2.35. The fraction of sp³-hybridized carbons (Fsp3) is 0.460. The van der Waals surface area contributed by atoms with Crippen LogP contribution in [0, 0.1) is 17.8 Å². The predicted molar refractivity (Wildman–Crippen MR) is 246 cm³/mol.